The van der Waals surface area contributed by atoms with Crippen LogP contribution in [-0.2, 0) is 0 Å². The van der Waals surface area contributed by atoms with E-state index in [1.54, 1.807) is 6.20 Å². The molecular formula is C9H10BrN3O. The Morgan fingerprint density at radius 1 is 1.64 bits per heavy atom. The lowest BCUT2D eigenvalue weighted by Gasteiger charge is -2.03. The Morgan fingerprint density at radius 3 is 3.07 bits per heavy atom. The van der Waals surface area contributed by atoms with Gasteiger partial charge in [-0.05, 0) is 34.7 Å². The molecule has 74 valence electrons. The number of halogens is 1. The second kappa shape index (κ2) is 4.04. The van der Waals surface area contributed by atoms with Crippen LogP contribution in [-0.4, -0.2) is 22.4 Å². The molecular weight excluding hydrogens is 246 g/mol. The van der Waals surface area contributed by atoms with Crippen molar-refractivity contribution < 1.29 is 4.79 Å². The van der Waals surface area contributed by atoms with E-state index >= 15 is 0 Å². The zero-order valence-corrected chi connectivity index (χ0v) is 9.12. The van der Waals surface area contributed by atoms with Crippen LogP contribution in [0.3, 0.4) is 0 Å². The van der Waals surface area contributed by atoms with Gasteiger partial charge >= 0.3 is 0 Å². The third kappa shape index (κ3) is 2.29. The summed E-state index contributed by atoms with van der Waals surface area (Å²) in [6, 6.07) is 0. The molecule has 1 aromatic heterocycles. The maximum atomic E-state index is 11.6. The van der Waals surface area contributed by atoms with Crippen LogP contribution >= 0.6 is 15.9 Å². The fourth-order valence-electron chi connectivity index (χ4n) is 1.12. The van der Waals surface area contributed by atoms with Crippen molar-refractivity contribution in [2.45, 2.75) is 12.8 Å². The first-order valence-electron chi connectivity index (χ1n) is 4.51. The van der Waals surface area contributed by atoms with E-state index < -0.39 is 0 Å². The van der Waals surface area contributed by atoms with Gasteiger partial charge in [0, 0.05) is 12.7 Å². The number of hydrogen-bond acceptors (Lipinski definition) is 3. The zero-order valence-electron chi connectivity index (χ0n) is 7.53. The first-order chi connectivity index (χ1) is 6.77. The summed E-state index contributed by atoms with van der Waals surface area (Å²) in [6.07, 6.45) is 5.40. The van der Waals surface area contributed by atoms with Crippen molar-refractivity contribution in [3.63, 3.8) is 0 Å². The van der Waals surface area contributed by atoms with E-state index in [2.05, 4.69) is 31.2 Å². The molecule has 0 spiro atoms. The molecule has 1 N–H and O–H groups in total. The number of carbonyl (C=O) groups is 1. The minimum absolute atomic E-state index is 0.133. The summed E-state index contributed by atoms with van der Waals surface area (Å²) in [7, 11) is 0. The monoisotopic (exact) mass is 255 g/mol. The highest BCUT2D eigenvalue weighted by atomic mass is 79.9. The molecule has 1 aliphatic carbocycles. The molecule has 1 amide bonds. The average molecular weight is 256 g/mol. The van der Waals surface area contributed by atoms with Gasteiger partial charge in [-0.15, -0.1) is 0 Å². The number of nitrogens with zero attached hydrogens (tertiary/aromatic N) is 2. The van der Waals surface area contributed by atoms with Gasteiger partial charge in [-0.25, -0.2) is 9.97 Å². The first kappa shape index (κ1) is 9.58. The topological polar surface area (TPSA) is 54.9 Å². The van der Waals surface area contributed by atoms with E-state index in [0.717, 1.165) is 6.54 Å². The van der Waals surface area contributed by atoms with Crippen LogP contribution in [0.25, 0.3) is 0 Å². The Balaban J connectivity index is 1.98. The Hall–Kier alpha value is -0.970. The minimum Gasteiger partial charge on any atom is -0.350 e. The van der Waals surface area contributed by atoms with Crippen molar-refractivity contribution in [1.82, 2.24) is 15.3 Å². The summed E-state index contributed by atoms with van der Waals surface area (Å²) in [4.78, 5) is 19.3. The summed E-state index contributed by atoms with van der Waals surface area (Å²) in [5.74, 6) is 0.547. The van der Waals surface area contributed by atoms with Crippen LogP contribution in [0.1, 0.15) is 23.3 Å². The van der Waals surface area contributed by atoms with Crippen molar-refractivity contribution in [2.75, 3.05) is 6.54 Å². The fraction of sp³-hybridized carbons (Fsp3) is 0.444. The third-order valence-electron chi connectivity index (χ3n) is 2.13. The molecule has 0 radical (unpaired) electrons. The number of hydrogen-bond donors (Lipinski definition) is 1. The number of rotatable bonds is 3. The molecule has 0 aromatic carbocycles. The van der Waals surface area contributed by atoms with Crippen LogP contribution < -0.4 is 5.32 Å². The average Bonchev–Trinajstić information content (AvgIpc) is 2.98. The van der Waals surface area contributed by atoms with Crippen LogP contribution in [0, 0.1) is 5.92 Å². The first-order valence-corrected chi connectivity index (χ1v) is 5.30. The molecule has 1 fully saturated rings. The predicted octanol–water partition coefficient (Wildman–Crippen LogP) is 1.38. The highest BCUT2D eigenvalue weighted by Gasteiger charge is 2.22. The maximum absolute atomic E-state index is 11.6. The fourth-order valence-corrected chi connectivity index (χ4v) is 1.52. The number of aromatic nitrogens is 2. The number of carbonyl (C=O) groups excluding carboxylic acids is 1. The normalized spacial score (nSPS) is 15.2. The molecule has 14 heavy (non-hydrogen) atoms. The molecule has 2 rings (SSSR count). The summed E-state index contributed by atoms with van der Waals surface area (Å²) < 4.78 is 0.633. The molecule has 0 atom stereocenters. The maximum Gasteiger partial charge on any atom is 0.271 e. The Labute approximate surface area is 90.3 Å². The largest absolute Gasteiger partial charge is 0.350 e. The molecule has 1 aliphatic rings. The van der Waals surface area contributed by atoms with Gasteiger partial charge in [0.2, 0.25) is 0 Å². The van der Waals surface area contributed by atoms with Gasteiger partial charge in [-0.1, -0.05) is 0 Å². The summed E-state index contributed by atoms with van der Waals surface area (Å²) in [6.45, 7) is 0.759. The summed E-state index contributed by atoms with van der Waals surface area (Å²) >= 11 is 3.23. The molecule has 1 aromatic rings. The molecule has 4 nitrogen and oxygen atoms in total. The van der Waals surface area contributed by atoms with E-state index in [4.69, 9.17) is 0 Å². The van der Waals surface area contributed by atoms with Crippen LogP contribution in [0.2, 0.25) is 0 Å². The SMILES string of the molecule is O=C(NCC1CC1)c1ncncc1Br. The highest BCUT2D eigenvalue weighted by molar-refractivity contribution is 9.10. The van der Waals surface area contributed by atoms with Gasteiger partial charge in [0.15, 0.2) is 0 Å². The molecule has 0 unspecified atom stereocenters. The highest BCUT2D eigenvalue weighted by Crippen LogP contribution is 2.27. The van der Waals surface area contributed by atoms with Gasteiger partial charge in [0.1, 0.15) is 12.0 Å². The Morgan fingerprint density at radius 2 is 2.43 bits per heavy atom. The second-order valence-corrected chi connectivity index (χ2v) is 4.23. The van der Waals surface area contributed by atoms with Crippen LogP contribution in [0.15, 0.2) is 17.0 Å². The van der Waals surface area contributed by atoms with Gasteiger partial charge in [-0.2, -0.15) is 0 Å². The summed E-state index contributed by atoms with van der Waals surface area (Å²) in [5.41, 5.74) is 0.403. The third-order valence-corrected chi connectivity index (χ3v) is 2.71. The molecule has 1 saturated carbocycles. The second-order valence-electron chi connectivity index (χ2n) is 3.37. The smallest absolute Gasteiger partial charge is 0.271 e. The lowest BCUT2D eigenvalue weighted by molar-refractivity contribution is 0.0946. The van der Waals surface area contributed by atoms with Crippen molar-refractivity contribution in [3.05, 3.63) is 22.7 Å². The summed E-state index contributed by atoms with van der Waals surface area (Å²) in [5, 5.41) is 2.84. The van der Waals surface area contributed by atoms with Gasteiger partial charge in [0.05, 0.1) is 4.47 Å². The van der Waals surface area contributed by atoms with Crippen LogP contribution in [0.4, 0.5) is 0 Å². The Kier molecular flexibility index (Phi) is 2.77. The van der Waals surface area contributed by atoms with E-state index in [-0.39, 0.29) is 5.91 Å². The van der Waals surface area contributed by atoms with Gasteiger partial charge in [-0.3, -0.25) is 4.79 Å². The molecule has 0 bridgehead atoms. The predicted molar refractivity (Wildman–Crippen MR) is 54.8 cm³/mol. The van der Waals surface area contributed by atoms with Crippen molar-refractivity contribution in [1.29, 1.82) is 0 Å². The van der Waals surface area contributed by atoms with E-state index in [9.17, 15) is 4.79 Å². The zero-order chi connectivity index (χ0) is 9.97. The van der Waals surface area contributed by atoms with Crippen molar-refractivity contribution in [3.8, 4) is 0 Å². The standard InChI is InChI=1S/C9H10BrN3O/c10-7-4-11-5-13-8(7)9(14)12-3-6-1-2-6/h4-6H,1-3H2,(H,12,14). The van der Waals surface area contributed by atoms with Gasteiger partial charge < -0.3 is 5.32 Å². The van der Waals surface area contributed by atoms with E-state index in [1.807, 2.05) is 0 Å². The number of nitrogens with one attached hydrogen (secondary N) is 1. The quantitative estimate of drug-likeness (QED) is 0.888. The van der Waals surface area contributed by atoms with Crippen molar-refractivity contribution in [2.24, 2.45) is 5.92 Å². The lowest BCUT2D eigenvalue weighted by atomic mass is 10.3. The molecule has 0 aliphatic heterocycles. The molecule has 1 heterocycles. The molecule has 0 saturated heterocycles. The number of amides is 1. The van der Waals surface area contributed by atoms with Crippen LogP contribution in [0.5, 0.6) is 0 Å². The Bertz CT molecular complexity index is 352. The minimum atomic E-state index is -0.133. The lowest BCUT2D eigenvalue weighted by Crippen LogP contribution is -2.26. The van der Waals surface area contributed by atoms with E-state index in [0.29, 0.717) is 16.1 Å². The van der Waals surface area contributed by atoms with Gasteiger partial charge in [0.25, 0.3) is 5.91 Å². The molecule has 5 heteroatoms. The van der Waals surface area contributed by atoms with E-state index in [1.165, 1.54) is 19.2 Å². The van der Waals surface area contributed by atoms with Crippen molar-refractivity contribution >= 4 is 21.8 Å².